The fourth-order valence-corrected chi connectivity index (χ4v) is 3.24. The Morgan fingerprint density at radius 1 is 1.42 bits per heavy atom. The van der Waals surface area contributed by atoms with Crippen molar-refractivity contribution >= 4 is 11.8 Å². The van der Waals surface area contributed by atoms with Crippen molar-refractivity contribution in [2.75, 3.05) is 6.61 Å². The van der Waals surface area contributed by atoms with E-state index >= 15 is 0 Å². The number of hydrogen-bond acceptors (Lipinski definition) is 5. The van der Waals surface area contributed by atoms with Crippen LogP contribution in [0.5, 0.6) is 0 Å². The summed E-state index contributed by atoms with van der Waals surface area (Å²) in [7, 11) is 0. The first kappa shape index (κ1) is 16.5. The third-order valence-electron chi connectivity index (χ3n) is 4.47. The molecule has 2 heterocycles. The summed E-state index contributed by atoms with van der Waals surface area (Å²) in [6.45, 7) is 4.30. The van der Waals surface area contributed by atoms with Crippen molar-refractivity contribution in [3.05, 3.63) is 40.9 Å². The second kappa shape index (κ2) is 7.03. The van der Waals surface area contributed by atoms with E-state index in [1.165, 1.54) is 6.26 Å². The summed E-state index contributed by atoms with van der Waals surface area (Å²) in [4.78, 5) is 32.0. The first-order valence-corrected chi connectivity index (χ1v) is 8.43. The van der Waals surface area contributed by atoms with Gasteiger partial charge in [-0.2, -0.15) is 0 Å². The van der Waals surface area contributed by atoms with Crippen LogP contribution < -0.4 is 0 Å². The molecule has 6 nitrogen and oxygen atoms in total. The van der Waals surface area contributed by atoms with E-state index in [9.17, 15) is 9.59 Å². The molecule has 2 aromatic rings. The molecule has 1 atom stereocenters. The SMILES string of the molecule is CCCCCOC(=O)c1[nH]c2c(c1C)C(=O)CC(c1ncco1)C2. The third-order valence-corrected chi connectivity index (χ3v) is 4.47. The quantitative estimate of drug-likeness (QED) is 0.646. The average Bonchev–Trinajstić information content (AvgIpc) is 3.20. The van der Waals surface area contributed by atoms with Crippen LogP contribution in [0.15, 0.2) is 16.9 Å². The molecule has 0 amide bonds. The Bertz CT molecular complexity index is 731. The van der Waals surface area contributed by atoms with Gasteiger partial charge in [-0.3, -0.25) is 4.79 Å². The van der Waals surface area contributed by atoms with Crippen molar-refractivity contribution in [1.82, 2.24) is 9.97 Å². The number of aromatic amines is 1. The predicted molar refractivity (Wildman–Crippen MR) is 87.2 cm³/mol. The highest BCUT2D eigenvalue weighted by Gasteiger charge is 2.33. The van der Waals surface area contributed by atoms with Crippen molar-refractivity contribution < 1.29 is 18.7 Å². The maximum absolute atomic E-state index is 12.5. The number of ether oxygens (including phenoxy) is 1. The molecule has 0 bridgehead atoms. The summed E-state index contributed by atoms with van der Waals surface area (Å²) >= 11 is 0. The zero-order valence-corrected chi connectivity index (χ0v) is 14.1. The maximum Gasteiger partial charge on any atom is 0.355 e. The second-order valence-electron chi connectivity index (χ2n) is 6.22. The van der Waals surface area contributed by atoms with Gasteiger partial charge >= 0.3 is 5.97 Å². The zero-order chi connectivity index (χ0) is 17.1. The van der Waals surface area contributed by atoms with Gasteiger partial charge in [-0.15, -0.1) is 0 Å². The van der Waals surface area contributed by atoms with Crippen LogP contribution in [0.1, 0.15) is 76.5 Å². The van der Waals surface area contributed by atoms with E-state index in [4.69, 9.17) is 9.15 Å². The van der Waals surface area contributed by atoms with Crippen LogP contribution in [0, 0.1) is 6.92 Å². The van der Waals surface area contributed by atoms with E-state index in [0.29, 0.717) is 42.2 Å². The lowest BCUT2D eigenvalue weighted by Crippen LogP contribution is -2.18. The van der Waals surface area contributed by atoms with Gasteiger partial charge in [-0.25, -0.2) is 9.78 Å². The van der Waals surface area contributed by atoms with Gasteiger partial charge in [-0.1, -0.05) is 19.8 Å². The van der Waals surface area contributed by atoms with Crippen LogP contribution >= 0.6 is 0 Å². The smallest absolute Gasteiger partial charge is 0.355 e. The zero-order valence-electron chi connectivity index (χ0n) is 14.1. The molecule has 24 heavy (non-hydrogen) atoms. The van der Waals surface area contributed by atoms with E-state index in [2.05, 4.69) is 16.9 Å². The monoisotopic (exact) mass is 330 g/mol. The molecule has 3 rings (SSSR count). The normalized spacial score (nSPS) is 16.9. The lowest BCUT2D eigenvalue weighted by molar-refractivity contribution is 0.0491. The van der Waals surface area contributed by atoms with Crippen LogP contribution in [0.4, 0.5) is 0 Å². The number of ketones is 1. The Labute approximate surface area is 140 Å². The molecule has 1 aliphatic carbocycles. The number of hydrogen-bond donors (Lipinski definition) is 1. The predicted octanol–water partition coefficient (Wildman–Crippen LogP) is 3.57. The number of nitrogens with one attached hydrogen (secondary N) is 1. The van der Waals surface area contributed by atoms with Crippen molar-refractivity contribution in [2.45, 2.75) is 51.9 Å². The number of oxazole rings is 1. The molecule has 1 N–H and O–H groups in total. The Morgan fingerprint density at radius 2 is 2.25 bits per heavy atom. The molecule has 0 aromatic carbocycles. The second-order valence-corrected chi connectivity index (χ2v) is 6.22. The summed E-state index contributed by atoms with van der Waals surface area (Å²) < 4.78 is 10.6. The molecular weight excluding hydrogens is 308 g/mol. The largest absolute Gasteiger partial charge is 0.461 e. The Morgan fingerprint density at radius 3 is 2.96 bits per heavy atom. The number of carbonyl (C=O) groups is 2. The van der Waals surface area contributed by atoms with Gasteiger partial charge in [-0.05, 0) is 18.9 Å². The fraction of sp³-hybridized carbons (Fsp3) is 0.500. The van der Waals surface area contributed by atoms with E-state index in [1.807, 2.05) is 0 Å². The lowest BCUT2D eigenvalue weighted by atomic mass is 9.85. The number of H-pyrrole nitrogens is 1. The van der Waals surface area contributed by atoms with Gasteiger partial charge < -0.3 is 14.1 Å². The van der Waals surface area contributed by atoms with E-state index < -0.39 is 5.97 Å². The molecule has 128 valence electrons. The van der Waals surface area contributed by atoms with Crippen LogP contribution in [0.2, 0.25) is 0 Å². The molecule has 0 saturated carbocycles. The van der Waals surface area contributed by atoms with E-state index in [1.54, 1.807) is 13.1 Å². The minimum atomic E-state index is -0.390. The number of nitrogens with zero attached hydrogens (tertiary/aromatic N) is 1. The van der Waals surface area contributed by atoms with E-state index in [-0.39, 0.29) is 11.7 Å². The van der Waals surface area contributed by atoms with Crippen LogP contribution in [0.3, 0.4) is 0 Å². The summed E-state index contributed by atoms with van der Waals surface area (Å²) in [5, 5.41) is 0. The molecule has 1 unspecified atom stereocenters. The highest BCUT2D eigenvalue weighted by Crippen LogP contribution is 2.34. The number of unbranched alkanes of at least 4 members (excludes halogenated alkanes) is 2. The number of esters is 1. The number of rotatable bonds is 6. The van der Waals surface area contributed by atoms with Crippen molar-refractivity contribution in [3.63, 3.8) is 0 Å². The van der Waals surface area contributed by atoms with E-state index in [0.717, 1.165) is 25.0 Å². The molecule has 1 aliphatic rings. The number of Topliss-reactive ketones (excluding diaryl/α,β-unsaturated/α-hetero) is 1. The highest BCUT2D eigenvalue weighted by atomic mass is 16.5. The third kappa shape index (κ3) is 3.13. The van der Waals surface area contributed by atoms with Gasteiger partial charge in [0.25, 0.3) is 0 Å². The minimum absolute atomic E-state index is 0.0123. The topological polar surface area (TPSA) is 85.2 Å². The maximum atomic E-state index is 12.5. The first-order chi connectivity index (χ1) is 11.6. The standard InChI is InChI=1S/C18H22N2O4/c1-3-4-5-7-24-18(22)16-11(2)15-13(20-16)9-12(10-14(15)21)17-19-6-8-23-17/h6,8,12,20H,3-5,7,9-10H2,1-2H3. The fourth-order valence-electron chi connectivity index (χ4n) is 3.24. The van der Waals surface area contributed by atoms with Gasteiger partial charge in [0.15, 0.2) is 11.7 Å². The van der Waals surface area contributed by atoms with Gasteiger partial charge in [0.1, 0.15) is 12.0 Å². The Hall–Kier alpha value is -2.37. The number of fused-ring (bicyclic) bond motifs is 1. The molecule has 0 aliphatic heterocycles. The van der Waals surface area contributed by atoms with Gasteiger partial charge in [0.2, 0.25) is 0 Å². The van der Waals surface area contributed by atoms with Crippen molar-refractivity contribution in [1.29, 1.82) is 0 Å². The highest BCUT2D eigenvalue weighted by molar-refractivity contribution is 6.03. The molecule has 0 saturated heterocycles. The molecule has 2 aromatic heterocycles. The van der Waals surface area contributed by atoms with Crippen molar-refractivity contribution in [2.24, 2.45) is 0 Å². The summed E-state index contributed by atoms with van der Waals surface area (Å²) in [6, 6.07) is 0. The number of aromatic nitrogens is 2. The van der Waals surface area contributed by atoms with Gasteiger partial charge in [0, 0.05) is 30.0 Å². The molecule has 6 heteroatoms. The Kier molecular flexibility index (Phi) is 4.83. The lowest BCUT2D eigenvalue weighted by Gasteiger charge is -2.18. The summed E-state index contributed by atoms with van der Waals surface area (Å²) in [5.41, 5.74) is 2.46. The minimum Gasteiger partial charge on any atom is -0.461 e. The molecular formula is C18H22N2O4. The molecule has 0 spiro atoms. The number of carbonyl (C=O) groups excluding carboxylic acids is 2. The Balaban J connectivity index is 1.77. The van der Waals surface area contributed by atoms with Crippen molar-refractivity contribution in [3.8, 4) is 0 Å². The summed E-state index contributed by atoms with van der Waals surface area (Å²) in [5.74, 6) is 0.0909. The first-order valence-electron chi connectivity index (χ1n) is 8.43. The van der Waals surface area contributed by atoms with Crippen LogP contribution in [-0.2, 0) is 11.2 Å². The molecule has 0 radical (unpaired) electrons. The average molecular weight is 330 g/mol. The van der Waals surface area contributed by atoms with Crippen LogP contribution in [0.25, 0.3) is 0 Å². The van der Waals surface area contributed by atoms with Gasteiger partial charge in [0.05, 0.1) is 12.8 Å². The molecule has 0 fully saturated rings. The summed E-state index contributed by atoms with van der Waals surface area (Å²) in [6.07, 6.45) is 6.99. The van der Waals surface area contributed by atoms with Crippen LogP contribution in [-0.4, -0.2) is 28.3 Å².